The summed E-state index contributed by atoms with van der Waals surface area (Å²) >= 11 is 0. The van der Waals surface area contributed by atoms with Crippen LogP contribution < -0.4 is 10.6 Å². The summed E-state index contributed by atoms with van der Waals surface area (Å²) in [4.78, 5) is 2.01. The smallest absolute Gasteiger partial charge is 0.125 e. The molecule has 1 rings (SSSR count). The Bertz CT molecular complexity index is 288. The van der Waals surface area contributed by atoms with Crippen molar-refractivity contribution in [2.24, 2.45) is 11.7 Å². The maximum atomic E-state index is 12.9. The van der Waals surface area contributed by atoms with Crippen molar-refractivity contribution in [1.82, 2.24) is 0 Å². The van der Waals surface area contributed by atoms with E-state index in [0.717, 1.165) is 12.2 Å². The summed E-state index contributed by atoms with van der Waals surface area (Å²) in [6, 6.07) is 6.59. The normalized spacial score (nSPS) is 12.6. The van der Waals surface area contributed by atoms with Crippen molar-refractivity contribution in [3.63, 3.8) is 0 Å². The molecule has 1 aromatic rings. The van der Waals surface area contributed by atoms with Crippen molar-refractivity contribution in [3.8, 4) is 0 Å². The molecule has 1 unspecified atom stereocenters. The average molecular weight is 196 g/mol. The fraction of sp³-hybridized carbons (Fsp3) is 0.455. The summed E-state index contributed by atoms with van der Waals surface area (Å²) in [5.41, 5.74) is 6.42. The van der Waals surface area contributed by atoms with E-state index in [1.807, 2.05) is 18.0 Å². The van der Waals surface area contributed by atoms with Gasteiger partial charge in [0.05, 0.1) is 0 Å². The van der Waals surface area contributed by atoms with Gasteiger partial charge >= 0.3 is 0 Å². The molecule has 1 atom stereocenters. The molecule has 78 valence electrons. The largest absolute Gasteiger partial charge is 0.374 e. The third kappa shape index (κ3) is 3.00. The minimum Gasteiger partial charge on any atom is -0.374 e. The number of rotatable bonds is 4. The van der Waals surface area contributed by atoms with Crippen LogP contribution in [0.15, 0.2) is 24.3 Å². The summed E-state index contributed by atoms with van der Waals surface area (Å²) in [5, 5.41) is 0. The monoisotopic (exact) mass is 196 g/mol. The Hall–Kier alpha value is -1.09. The van der Waals surface area contributed by atoms with Crippen molar-refractivity contribution in [2.75, 3.05) is 25.0 Å². The Balaban J connectivity index is 2.64. The van der Waals surface area contributed by atoms with Gasteiger partial charge in [0.2, 0.25) is 0 Å². The first-order valence-electron chi connectivity index (χ1n) is 4.80. The topological polar surface area (TPSA) is 29.3 Å². The van der Waals surface area contributed by atoms with Gasteiger partial charge in [-0.15, -0.1) is 0 Å². The number of anilines is 1. The number of hydrogen-bond acceptors (Lipinski definition) is 2. The van der Waals surface area contributed by atoms with Gasteiger partial charge in [-0.05, 0) is 30.7 Å². The molecule has 0 spiro atoms. The molecule has 0 aromatic heterocycles. The van der Waals surface area contributed by atoms with Crippen LogP contribution in [0.2, 0.25) is 0 Å². The van der Waals surface area contributed by atoms with Crippen LogP contribution in [0.5, 0.6) is 0 Å². The number of hydrogen-bond donors (Lipinski definition) is 1. The lowest BCUT2D eigenvalue weighted by atomic mass is 10.1. The van der Waals surface area contributed by atoms with Gasteiger partial charge in [-0.2, -0.15) is 0 Å². The molecule has 2 nitrogen and oxygen atoms in total. The van der Waals surface area contributed by atoms with Crippen LogP contribution in [0.4, 0.5) is 10.1 Å². The van der Waals surface area contributed by atoms with Gasteiger partial charge in [-0.1, -0.05) is 13.0 Å². The van der Waals surface area contributed by atoms with Crippen LogP contribution in [-0.4, -0.2) is 20.1 Å². The van der Waals surface area contributed by atoms with Gasteiger partial charge in [0.25, 0.3) is 0 Å². The first kappa shape index (κ1) is 11.0. The molecule has 2 N–H and O–H groups in total. The second-order valence-electron chi connectivity index (χ2n) is 3.70. The molecule has 0 aliphatic rings. The fourth-order valence-corrected chi connectivity index (χ4v) is 1.36. The summed E-state index contributed by atoms with van der Waals surface area (Å²) in [5.74, 6) is 0.220. The van der Waals surface area contributed by atoms with Crippen LogP contribution >= 0.6 is 0 Å². The predicted octanol–water partition coefficient (Wildman–Crippen LogP) is 1.86. The Morgan fingerprint density at radius 1 is 1.50 bits per heavy atom. The molecule has 0 bridgehead atoms. The maximum absolute atomic E-state index is 12.9. The van der Waals surface area contributed by atoms with Crippen LogP contribution in [0.25, 0.3) is 0 Å². The zero-order valence-electron chi connectivity index (χ0n) is 8.70. The zero-order chi connectivity index (χ0) is 10.6. The average Bonchev–Trinajstić information content (AvgIpc) is 2.17. The standard InChI is InChI=1S/C11H17FN2/c1-9(7-13)8-14(2)11-5-3-4-10(12)6-11/h3-6,9H,7-8,13H2,1-2H3. The molecule has 0 fully saturated rings. The van der Waals surface area contributed by atoms with E-state index >= 15 is 0 Å². The van der Waals surface area contributed by atoms with Gasteiger partial charge in [-0.25, -0.2) is 4.39 Å². The number of nitrogens with zero attached hydrogens (tertiary/aromatic N) is 1. The van der Waals surface area contributed by atoms with Crippen molar-refractivity contribution in [1.29, 1.82) is 0 Å². The van der Waals surface area contributed by atoms with Gasteiger partial charge in [-0.3, -0.25) is 0 Å². The van der Waals surface area contributed by atoms with Gasteiger partial charge < -0.3 is 10.6 Å². The predicted molar refractivity (Wildman–Crippen MR) is 57.9 cm³/mol. The van der Waals surface area contributed by atoms with Crippen molar-refractivity contribution in [3.05, 3.63) is 30.1 Å². The Labute approximate surface area is 84.5 Å². The molecule has 14 heavy (non-hydrogen) atoms. The van der Waals surface area contributed by atoms with Crippen molar-refractivity contribution >= 4 is 5.69 Å². The minimum absolute atomic E-state index is 0.199. The highest BCUT2D eigenvalue weighted by Gasteiger charge is 2.05. The molecule has 0 saturated carbocycles. The lowest BCUT2D eigenvalue weighted by Crippen LogP contribution is -2.28. The molecular formula is C11H17FN2. The molecular weight excluding hydrogens is 179 g/mol. The second kappa shape index (κ2) is 4.96. The van der Waals surface area contributed by atoms with Gasteiger partial charge in [0.15, 0.2) is 0 Å². The summed E-state index contributed by atoms with van der Waals surface area (Å²) < 4.78 is 12.9. The van der Waals surface area contributed by atoms with Crippen LogP contribution in [0.1, 0.15) is 6.92 Å². The van der Waals surface area contributed by atoms with E-state index in [9.17, 15) is 4.39 Å². The zero-order valence-corrected chi connectivity index (χ0v) is 8.70. The molecule has 0 saturated heterocycles. The Morgan fingerprint density at radius 3 is 2.79 bits per heavy atom. The van der Waals surface area contributed by atoms with Crippen LogP contribution in [-0.2, 0) is 0 Å². The molecule has 0 heterocycles. The Kier molecular flexibility index (Phi) is 3.89. The quantitative estimate of drug-likeness (QED) is 0.796. The highest BCUT2D eigenvalue weighted by Crippen LogP contribution is 2.14. The summed E-state index contributed by atoms with van der Waals surface area (Å²) in [6.45, 7) is 3.58. The third-order valence-corrected chi connectivity index (χ3v) is 2.24. The lowest BCUT2D eigenvalue weighted by Gasteiger charge is -2.22. The van der Waals surface area contributed by atoms with E-state index in [0.29, 0.717) is 12.5 Å². The van der Waals surface area contributed by atoms with Crippen molar-refractivity contribution < 1.29 is 4.39 Å². The number of nitrogens with two attached hydrogens (primary N) is 1. The SMILES string of the molecule is CC(CN)CN(C)c1cccc(F)c1. The van der Waals surface area contributed by atoms with Crippen LogP contribution in [0.3, 0.4) is 0 Å². The van der Waals surface area contributed by atoms with E-state index in [1.165, 1.54) is 12.1 Å². The Morgan fingerprint density at radius 2 is 2.21 bits per heavy atom. The van der Waals surface area contributed by atoms with E-state index in [-0.39, 0.29) is 5.82 Å². The van der Waals surface area contributed by atoms with Gasteiger partial charge in [0.1, 0.15) is 5.82 Å². The second-order valence-corrected chi connectivity index (χ2v) is 3.70. The van der Waals surface area contributed by atoms with E-state index < -0.39 is 0 Å². The molecule has 0 aliphatic carbocycles. The summed E-state index contributed by atoms with van der Waals surface area (Å²) in [7, 11) is 1.95. The molecule has 0 radical (unpaired) electrons. The van der Waals surface area contributed by atoms with E-state index in [4.69, 9.17) is 5.73 Å². The van der Waals surface area contributed by atoms with Crippen LogP contribution in [0, 0.1) is 11.7 Å². The molecule has 3 heteroatoms. The molecule has 0 aliphatic heterocycles. The van der Waals surface area contributed by atoms with Gasteiger partial charge in [0, 0.05) is 19.3 Å². The maximum Gasteiger partial charge on any atom is 0.125 e. The van der Waals surface area contributed by atoms with Crippen molar-refractivity contribution in [2.45, 2.75) is 6.92 Å². The molecule has 0 amide bonds. The lowest BCUT2D eigenvalue weighted by molar-refractivity contribution is 0.587. The number of halogens is 1. The van der Waals surface area contributed by atoms with E-state index in [1.54, 1.807) is 6.07 Å². The number of benzene rings is 1. The third-order valence-electron chi connectivity index (χ3n) is 2.24. The summed E-state index contributed by atoms with van der Waals surface area (Å²) in [6.07, 6.45) is 0. The highest BCUT2D eigenvalue weighted by atomic mass is 19.1. The molecule has 1 aromatic carbocycles. The van der Waals surface area contributed by atoms with E-state index in [2.05, 4.69) is 6.92 Å². The first-order valence-corrected chi connectivity index (χ1v) is 4.80. The fourth-order valence-electron chi connectivity index (χ4n) is 1.36. The highest BCUT2D eigenvalue weighted by molar-refractivity contribution is 5.45. The minimum atomic E-state index is -0.199. The first-order chi connectivity index (χ1) is 6.63.